The standard InChI is InChI=1S/C24H26ClNO/c25-23-15-13-20(14-16-23)10-7-17-26(18-21-8-3-1-4-9-21)19-24(27)22-11-5-2-6-12-22/h1-6,8-9,11-16,24,27H,7,10,17-19H2. The highest BCUT2D eigenvalue weighted by atomic mass is 35.5. The Hall–Kier alpha value is -2.13. The van der Waals surface area contributed by atoms with Gasteiger partial charge in [0.1, 0.15) is 0 Å². The van der Waals surface area contributed by atoms with Crippen LogP contribution in [0.2, 0.25) is 5.02 Å². The molecule has 0 spiro atoms. The summed E-state index contributed by atoms with van der Waals surface area (Å²) in [6.45, 7) is 2.40. The fraction of sp³-hybridized carbons (Fsp3) is 0.250. The Labute approximate surface area is 167 Å². The number of aliphatic hydroxyl groups excluding tert-OH is 1. The highest BCUT2D eigenvalue weighted by Crippen LogP contribution is 2.17. The van der Waals surface area contributed by atoms with E-state index in [1.54, 1.807) is 0 Å². The van der Waals surface area contributed by atoms with Crippen LogP contribution < -0.4 is 0 Å². The second kappa shape index (κ2) is 10.3. The maximum atomic E-state index is 10.7. The van der Waals surface area contributed by atoms with Crippen LogP contribution in [0.15, 0.2) is 84.9 Å². The maximum absolute atomic E-state index is 10.7. The van der Waals surface area contributed by atoms with E-state index >= 15 is 0 Å². The van der Waals surface area contributed by atoms with Crippen LogP contribution in [0.4, 0.5) is 0 Å². The van der Waals surface area contributed by atoms with Gasteiger partial charge in [-0.2, -0.15) is 0 Å². The second-order valence-electron chi connectivity index (χ2n) is 6.88. The molecule has 0 aliphatic rings. The summed E-state index contributed by atoms with van der Waals surface area (Å²) < 4.78 is 0. The molecule has 2 nitrogen and oxygen atoms in total. The molecule has 0 heterocycles. The van der Waals surface area contributed by atoms with Gasteiger partial charge in [0.05, 0.1) is 6.10 Å². The number of nitrogens with zero attached hydrogens (tertiary/aromatic N) is 1. The number of halogens is 1. The van der Waals surface area contributed by atoms with E-state index in [2.05, 4.69) is 41.3 Å². The van der Waals surface area contributed by atoms with Crippen LogP contribution in [0.5, 0.6) is 0 Å². The van der Waals surface area contributed by atoms with Crippen LogP contribution >= 0.6 is 11.6 Å². The zero-order chi connectivity index (χ0) is 18.9. The van der Waals surface area contributed by atoms with E-state index in [0.717, 1.165) is 36.5 Å². The van der Waals surface area contributed by atoms with Gasteiger partial charge >= 0.3 is 0 Å². The molecule has 0 radical (unpaired) electrons. The van der Waals surface area contributed by atoms with Crippen molar-refractivity contribution in [3.63, 3.8) is 0 Å². The van der Waals surface area contributed by atoms with Crippen LogP contribution in [-0.2, 0) is 13.0 Å². The van der Waals surface area contributed by atoms with Crippen molar-refractivity contribution in [2.75, 3.05) is 13.1 Å². The molecule has 3 aromatic rings. The molecular formula is C24H26ClNO. The minimum Gasteiger partial charge on any atom is -0.387 e. The number of hydrogen-bond donors (Lipinski definition) is 1. The van der Waals surface area contributed by atoms with Crippen molar-refractivity contribution < 1.29 is 5.11 Å². The summed E-state index contributed by atoms with van der Waals surface area (Å²) in [4.78, 5) is 2.34. The van der Waals surface area contributed by atoms with Crippen LogP contribution in [0.25, 0.3) is 0 Å². The molecule has 3 rings (SSSR count). The SMILES string of the molecule is OC(CN(CCCc1ccc(Cl)cc1)Cc1ccccc1)c1ccccc1. The van der Waals surface area contributed by atoms with E-state index in [4.69, 9.17) is 11.6 Å². The summed E-state index contributed by atoms with van der Waals surface area (Å²) in [5, 5.41) is 11.4. The summed E-state index contributed by atoms with van der Waals surface area (Å²) in [6.07, 6.45) is 1.56. The zero-order valence-electron chi connectivity index (χ0n) is 15.5. The van der Waals surface area contributed by atoms with E-state index in [-0.39, 0.29) is 0 Å². The van der Waals surface area contributed by atoms with Gasteiger partial charge in [-0.3, -0.25) is 4.90 Å². The Morgan fingerprint density at radius 3 is 2.07 bits per heavy atom. The molecule has 0 saturated carbocycles. The minimum atomic E-state index is -0.481. The highest BCUT2D eigenvalue weighted by molar-refractivity contribution is 6.30. The van der Waals surface area contributed by atoms with Gasteiger partial charge in [-0.05, 0) is 48.2 Å². The molecule has 0 amide bonds. The van der Waals surface area contributed by atoms with E-state index in [0.29, 0.717) is 6.54 Å². The first-order chi connectivity index (χ1) is 13.2. The fourth-order valence-corrected chi connectivity index (χ4v) is 3.39. The predicted molar refractivity (Wildman–Crippen MR) is 113 cm³/mol. The van der Waals surface area contributed by atoms with Crippen LogP contribution in [0.3, 0.4) is 0 Å². The van der Waals surface area contributed by atoms with Crippen molar-refractivity contribution >= 4 is 11.6 Å². The normalized spacial score (nSPS) is 12.3. The highest BCUT2D eigenvalue weighted by Gasteiger charge is 2.14. The summed E-state index contributed by atoms with van der Waals surface area (Å²) in [5.41, 5.74) is 3.53. The molecule has 27 heavy (non-hydrogen) atoms. The summed E-state index contributed by atoms with van der Waals surface area (Å²) in [5.74, 6) is 0. The molecule has 0 bridgehead atoms. The van der Waals surface area contributed by atoms with Crippen molar-refractivity contribution in [2.24, 2.45) is 0 Å². The number of rotatable bonds is 9. The van der Waals surface area contributed by atoms with E-state index in [1.807, 2.05) is 48.5 Å². The quantitative estimate of drug-likeness (QED) is 0.530. The monoisotopic (exact) mass is 379 g/mol. The molecular weight excluding hydrogens is 354 g/mol. The predicted octanol–water partition coefficient (Wildman–Crippen LogP) is 5.51. The van der Waals surface area contributed by atoms with Gasteiger partial charge in [-0.15, -0.1) is 0 Å². The van der Waals surface area contributed by atoms with Gasteiger partial charge in [0.25, 0.3) is 0 Å². The Bertz CT molecular complexity index is 790. The van der Waals surface area contributed by atoms with Crippen molar-refractivity contribution in [2.45, 2.75) is 25.5 Å². The number of aryl methyl sites for hydroxylation is 1. The Balaban J connectivity index is 1.61. The Morgan fingerprint density at radius 2 is 1.41 bits per heavy atom. The molecule has 3 aromatic carbocycles. The first-order valence-corrected chi connectivity index (χ1v) is 9.82. The number of hydrogen-bond acceptors (Lipinski definition) is 2. The summed E-state index contributed by atoms with van der Waals surface area (Å²) >= 11 is 5.97. The third-order valence-electron chi connectivity index (χ3n) is 4.72. The maximum Gasteiger partial charge on any atom is 0.0917 e. The lowest BCUT2D eigenvalue weighted by Crippen LogP contribution is -2.29. The van der Waals surface area contributed by atoms with Gasteiger partial charge in [-0.25, -0.2) is 0 Å². The number of benzene rings is 3. The molecule has 140 valence electrons. The van der Waals surface area contributed by atoms with Gasteiger partial charge in [0.15, 0.2) is 0 Å². The molecule has 3 heteroatoms. The third kappa shape index (κ3) is 6.51. The Kier molecular flexibility index (Phi) is 7.46. The van der Waals surface area contributed by atoms with E-state index in [1.165, 1.54) is 11.1 Å². The van der Waals surface area contributed by atoms with Gasteiger partial charge in [0.2, 0.25) is 0 Å². The lowest BCUT2D eigenvalue weighted by molar-refractivity contribution is 0.108. The van der Waals surface area contributed by atoms with Gasteiger partial charge in [-0.1, -0.05) is 84.4 Å². The van der Waals surface area contributed by atoms with E-state index < -0.39 is 6.10 Å². The molecule has 0 saturated heterocycles. The molecule has 1 atom stereocenters. The topological polar surface area (TPSA) is 23.5 Å². The summed E-state index contributed by atoms with van der Waals surface area (Å²) in [7, 11) is 0. The Morgan fingerprint density at radius 1 is 0.778 bits per heavy atom. The zero-order valence-corrected chi connectivity index (χ0v) is 16.2. The molecule has 0 aliphatic heterocycles. The molecule has 0 aromatic heterocycles. The first-order valence-electron chi connectivity index (χ1n) is 9.44. The lowest BCUT2D eigenvalue weighted by Gasteiger charge is -2.25. The van der Waals surface area contributed by atoms with Crippen LogP contribution in [0, 0.1) is 0 Å². The average Bonchev–Trinajstić information content (AvgIpc) is 2.71. The lowest BCUT2D eigenvalue weighted by atomic mass is 10.1. The molecule has 1 N–H and O–H groups in total. The smallest absolute Gasteiger partial charge is 0.0917 e. The molecule has 0 aliphatic carbocycles. The first kappa shape index (κ1) is 19.6. The molecule has 1 unspecified atom stereocenters. The number of aliphatic hydroxyl groups is 1. The van der Waals surface area contributed by atoms with Crippen molar-refractivity contribution in [3.05, 3.63) is 107 Å². The van der Waals surface area contributed by atoms with E-state index in [9.17, 15) is 5.11 Å². The third-order valence-corrected chi connectivity index (χ3v) is 4.97. The van der Waals surface area contributed by atoms with Crippen molar-refractivity contribution in [3.8, 4) is 0 Å². The van der Waals surface area contributed by atoms with Crippen molar-refractivity contribution in [1.29, 1.82) is 0 Å². The fourth-order valence-electron chi connectivity index (χ4n) is 3.26. The largest absolute Gasteiger partial charge is 0.387 e. The second-order valence-corrected chi connectivity index (χ2v) is 7.31. The van der Waals surface area contributed by atoms with Gasteiger partial charge < -0.3 is 5.11 Å². The summed E-state index contributed by atoms with van der Waals surface area (Å²) in [6, 6.07) is 28.4. The van der Waals surface area contributed by atoms with Crippen LogP contribution in [-0.4, -0.2) is 23.1 Å². The molecule has 0 fully saturated rings. The van der Waals surface area contributed by atoms with Crippen molar-refractivity contribution in [1.82, 2.24) is 4.90 Å². The van der Waals surface area contributed by atoms with Gasteiger partial charge in [0, 0.05) is 18.1 Å². The average molecular weight is 380 g/mol. The van der Waals surface area contributed by atoms with Crippen LogP contribution in [0.1, 0.15) is 29.2 Å². The minimum absolute atomic E-state index is 0.481.